The molecule has 0 amide bonds. The molecule has 1 heterocycles. The van der Waals surface area contributed by atoms with E-state index >= 15 is 0 Å². The third-order valence-electron chi connectivity index (χ3n) is 8.75. The smallest absolute Gasteiger partial charge is 0.136 e. The Balaban J connectivity index is 1.42. The van der Waals surface area contributed by atoms with Crippen LogP contribution in [0.15, 0.2) is 174 Å². The van der Waals surface area contributed by atoms with E-state index in [1.54, 1.807) is 0 Å². The van der Waals surface area contributed by atoms with Gasteiger partial charge >= 0.3 is 0 Å². The molecule has 8 aromatic carbocycles. The average molecular weight is 577 g/mol. The maximum Gasteiger partial charge on any atom is 0.136 e. The molecule has 0 fully saturated rings. The molecule has 1 aromatic heterocycles. The zero-order valence-corrected chi connectivity index (χ0v) is 24.3. The highest BCUT2D eigenvalue weighted by Crippen LogP contribution is 2.46. The van der Waals surface area contributed by atoms with Gasteiger partial charge in [0, 0.05) is 10.8 Å². The normalized spacial score (nSPS) is 12.8. The first-order valence-electron chi connectivity index (χ1n) is 17.1. The zero-order chi connectivity index (χ0) is 33.2. The lowest BCUT2D eigenvalue weighted by atomic mass is 9.85. The van der Waals surface area contributed by atoms with Crippen molar-refractivity contribution < 1.29 is 9.90 Å². The Labute approximate surface area is 267 Å². The van der Waals surface area contributed by atoms with Crippen LogP contribution in [-0.4, -0.2) is 0 Å². The Bertz CT molecular complexity index is 2690. The molecule has 1 heteroatoms. The summed E-state index contributed by atoms with van der Waals surface area (Å²) in [5, 5.41) is 5.46. The van der Waals surface area contributed by atoms with Gasteiger partial charge in [0.05, 0.1) is 5.48 Å². The molecule has 0 saturated carbocycles. The minimum Gasteiger partial charge on any atom is -0.456 e. The van der Waals surface area contributed by atoms with Crippen molar-refractivity contribution in [2.75, 3.05) is 0 Å². The van der Waals surface area contributed by atoms with Gasteiger partial charge < -0.3 is 4.42 Å². The van der Waals surface area contributed by atoms with Crippen LogP contribution in [0.4, 0.5) is 0 Å². The highest BCUT2D eigenvalue weighted by Gasteiger charge is 2.19. The summed E-state index contributed by atoms with van der Waals surface area (Å²) >= 11 is 0. The zero-order valence-electron chi connectivity index (χ0n) is 28.3. The van der Waals surface area contributed by atoms with E-state index in [0.717, 1.165) is 60.1 Å². The fraction of sp³-hybridized carbons (Fsp3) is 0. The molecule has 0 aliphatic heterocycles. The fourth-order valence-electron chi connectivity index (χ4n) is 6.85. The number of hydrogen-bond acceptors (Lipinski definition) is 1. The molecule has 0 aliphatic carbocycles. The maximum absolute atomic E-state index is 9.87. The molecule has 0 unspecified atom stereocenters. The Hall–Kier alpha value is -5.92. The van der Waals surface area contributed by atoms with E-state index in [1.807, 2.05) is 103 Å². The molecule has 0 N–H and O–H groups in total. The van der Waals surface area contributed by atoms with Crippen molar-refractivity contribution in [1.82, 2.24) is 0 Å². The van der Waals surface area contributed by atoms with E-state index in [1.165, 1.54) is 0 Å². The summed E-state index contributed by atoms with van der Waals surface area (Å²) < 4.78 is 43.9. The summed E-state index contributed by atoms with van der Waals surface area (Å²) in [4.78, 5) is 0. The Kier molecular flexibility index (Phi) is 5.00. The molecule has 210 valence electrons. The second kappa shape index (κ2) is 10.4. The van der Waals surface area contributed by atoms with Gasteiger partial charge in [0.1, 0.15) is 11.2 Å². The van der Waals surface area contributed by atoms with Crippen molar-refractivity contribution >= 4 is 43.5 Å². The van der Waals surface area contributed by atoms with Crippen LogP contribution in [-0.2, 0) is 0 Å². The molecular formula is C44H28O. The van der Waals surface area contributed by atoms with Crippen LogP contribution in [0.5, 0.6) is 0 Å². The van der Waals surface area contributed by atoms with E-state index in [9.17, 15) is 4.11 Å². The van der Waals surface area contributed by atoms with E-state index in [2.05, 4.69) is 42.5 Å². The maximum atomic E-state index is 9.87. The first-order valence-corrected chi connectivity index (χ1v) is 15.1. The Morgan fingerprint density at radius 2 is 0.822 bits per heavy atom. The van der Waals surface area contributed by atoms with Crippen LogP contribution in [0.1, 0.15) is 5.48 Å². The average Bonchev–Trinajstić information content (AvgIpc) is 3.54. The first-order chi connectivity index (χ1) is 24.0. The quantitative estimate of drug-likeness (QED) is 0.190. The lowest BCUT2D eigenvalue weighted by Crippen LogP contribution is -1.91. The van der Waals surface area contributed by atoms with E-state index in [4.69, 9.17) is 5.79 Å². The SMILES string of the molecule is [2H]c1c([2H])c(-c2c3ccccc3c(-c3ccccc3)c3ccccc23)c([2H])c(-c2cccc3oc4cccc(-c5ccccc5)c4c23)c1[2H]. The van der Waals surface area contributed by atoms with Gasteiger partial charge in [-0.2, -0.15) is 0 Å². The van der Waals surface area contributed by atoms with E-state index in [-0.39, 0.29) is 24.2 Å². The molecule has 0 aliphatic rings. The molecule has 1 nitrogen and oxygen atoms in total. The number of benzene rings is 8. The predicted octanol–water partition coefficient (Wildman–Crippen LogP) is 12.6. The molecule has 0 saturated heterocycles. The summed E-state index contributed by atoms with van der Waals surface area (Å²) in [6.07, 6.45) is 0. The summed E-state index contributed by atoms with van der Waals surface area (Å²) in [6, 6.07) is 47.9. The van der Waals surface area contributed by atoms with Gasteiger partial charge in [-0.15, -0.1) is 0 Å². The number of hydrogen-bond donors (Lipinski definition) is 0. The van der Waals surface area contributed by atoms with Crippen LogP contribution >= 0.6 is 0 Å². The van der Waals surface area contributed by atoms with Gasteiger partial charge in [0.25, 0.3) is 0 Å². The summed E-state index contributed by atoms with van der Waals surface area (Å²) in [5.41, 5.74) is 7.55. The highest BCUT2D eigenvalue weighted by atomic mass is 16.3. The molecule has 0 bridgehead atoms. The van der Waals surface area contributed by atoms with Crippen LogP contribution in [0, 0.1) is 0 Å². The second-order valence-corrected chi connectivity index (χ2v) is 11.3. The number of furan rings is 1. The van der Waals surface area contributed by atoms with Gasteiger partial charge in [0.2, 0.25) is 0 Å². The van der Waals surface area contributed by atoms with Crippen molar-refractivity contribution in [3.05, 3.63) is 170 Å². The highest BCUT2D eigenvalue weighted by molar-refractivity contribution is 6.22. The Morgan fingerprint density at radius 1 is 0.378 bits per heavy atom. The van der Waals surface area contributed by atoms with Crippen LogP contribution < -0.4 is 0 Å². The summed E-state index contributed by atoms with van der Waals surface area (Å²) in [6.45, 7) is 0. The second-order valence-electron chi connectivity index (χ2n) is 11.3. The minimum absolute atomic E-state index is 0.0489. The van der Waals surface area contributed by atoms with Crippen molar-refractivity contribution in [2.45, 2.75) is 0 Å². The first kappa shape index (κ1) is 21.7. The molecule has 9 aromatic rings. The van der Waals surface area contributed by atoms with Gasteiger partial charge in [-0.3, -0.25) is 0 Å². The largest absolute Gasteiger partial charge is 0.456 e. The molecule has 45 heavy (non-hydrogen) atoms. The molecule has 0 spiro atoms. The predicted molar refractivity (Wildman–Crippen MR) is 190 cm³/mol. The van der Waals surface area contributed by atoms with Crippen molar-refractivity contribution in [3.8, 4) is 44.5 Å². The van der Waals surface area contributed by atoms with Gasteiger partial charge in [-0.25, -0.2) is 0 Å². The van der Waals surface area contributed by atoms with Crippen LogP contribution in [0.2, 0.25) is 0 Å². The fourth-order valence-corrected chi connectivity index (χ4v) is 6.85. The van der Waals surface area contributed by atoms with Gasteiger partial charge in [-0.05, 0) is 84.2 Å². The minimum atomic E-state index is -0.214. The number of rotatable bonds is 4. The van der Waals surface area contributed by atoms with E-state index < -0.39 is 0 Å². The molecular weight excluding hydrogens is 544 g/mol. The number of fused-ring (bicyclic) bond motifs is 5. The van der Waals surface area contributed by atoms with Crippen molar-refractivity contribution in [1.29, 1.82) is 0 Å². The summed E-state index contributed by atoms with van der Waals surface area (Å²) in [7, 11) is 0. The lowest BCUT2D eigenvalue weighted by molar-refractivity contribution is 0.669. The lowest BCUT2D eigenvalue weighted by Gasteiger charge is -2.18. The van der Waals surface area contributed by atoms with Crippen molar-refractivity contribution in [2.24, 2.45) is 0 Å². The van der Waals surface area contributed by atoms with Gasteiger partial charge in [-0.1, -0.05) is 152 Å². The summed E-state index contributed by atoms with van der Waals surface area (Å²) in [5.74, 6) is 0. The monoisotopic (exact) mass is 576 g/mol. The molecule has 9 rings (SSSR count). The standard InChI is InChI=1S/C44H28O/c1-3-14-29(15-4-1)33-24-12-26-39-43(33)44-34(25-13-27-40(44)45-39)31-18-11-19-32(28-31)42-37-22-9-7-20-35(37)41(30-16-5-2-6-17-30)36-21-8-10-23-38(36)42/h1-28H/i11D,18D,19D,28D. The Morgan fingerprint density at radius 3 is 1.38 bits per heavy atom. The van der Waals surface area contributed by atoms with E-state index in [0.29, 0.717) is 27.9 Å². The van der Waals surface area contributed by atoms with Gasteiger partial charge in [0.15, 0.2) is 0 Å². The van der Waals surface area contributed by atoms with Crippen molar-refractivity contribution in [3.63, 3.8) is 0 Å². The molecule has 0 radical (unpaired) electrons. The van der Waals surface area contributed by atoms with Crippen LogP contribution in [0.3, 0.4) is 0 Å². The topological polar surface area (TPSA) is 13.1 Å². The third-order valence-corrected chi connectivity index (χ3v) is 8.75. The third kappa shape index (κ3) is 4.09. The van der Waals surface area contributed by atoms with Crippen LogP contribution in [0.25, 0.3) is 88.0 Å². The molecule has 0 atom stereocenters.